The molecule has 1 heterocycles. The fourth-order valence-electron chi connectivity index (χ4n) is 0.485. The van der Waals surface area contributed by atoms with Crippen LogP contribution in [0.1, 0.15) is 13.3 Å². The monoisotopic (exact) mass is 208 g/mol. The van der Waals surface area contributed by atoms with Gasteiger partial charge in [-0.15, -0.1) is 0 Å². The summed E-state index contributed by atoms with van der Waals surface area (Å²) in [4.78, 5) is 0. The van der Waals surface area contributed by atoms with Crippen molar-refractivity contribution in [2.24, 2.45) is 0 Å². The van der Waals surface area contributed by atoms with Crippen molar-refractivity contribution in [2.45, 2.75) is 13.3 Å². The highest BCUT2D eigenvalue weighted by molar-refractivity contribution is 7.85. The Kier molecular flexibility index (Phi) is 5.96. The lowest BCUT2D eigenvalue weighted by atomic mass is 10.6. The minimum Gasteiger partial charge on any atom is -0.286 e. The van der Waals surface area contributed by atoms with E-state index >= 15 is 0 Å². The molecule has 0 fully saturated rings. The van der Waals surface area contributed by atoms with E-state index in [1.165, 1.54) is 0 Å². The van der Waals surface area contributed by atoms with Crippen LogP contribution in [-0.2, 0) is 10.1 Å². The lowest BCUT2D eigenvalue weighted by Crippen LogP contribution is -2.01. The Balaban J connectivity index is 0.000000211. The van der Waals surface area contributed by atoms with E-state index in [1.54, 1.807) is 18.3 Å². The molecule has 0 aliphatic rings. The van der Waals surface area contributed by atoms with Crippen LogP contribution in [0.4, 0.5) is 0 Å². The molecule has 0 aliphatic heterocycles. The summed E-state index contributed by atoms with van der Waals surface area (Å²) in [5.74, 6) is -0.132. The summed E-state index contributed by atoms with van der Waals surface area (Å²) in [7, 11) is -3.67. The van der Waals surface area contributed by atoms with Crippen molar-refractivity contribution in [1.82, 2.24) is 0 Å². The molecule has 0 radical (unpaired) electrons. The van der Waals surface area contributed by atoms with Gasteiger partial charge in [0.2, 0.25) is 0 Å². The van der Waals surface area contributed by atoms with Crippen molar-refractivity contribution >= 4 is 21.5 Å². The Bertz CT molecular complexity index is 246. The third kappa shape index (κ3) is 9.61. The third-order valence-electron chi connectivity index (χ3n) is 0.887. The van der Waals surface area contributed by atoms with Crippen LogP contribution in [0, 0.1) is 0 Å². The first-order valence-electron chi connectivity index (χ1n) is 3.48. The summed E-state index contributed by atoms with van der Waals surface area (Å²) in [5.41, 5.74) is 0. The van der Waals surface area contributed by atoms with Crippen molar-refractivity contribution in [1.29, 1.82) is 0 Å². The Morgan fingerprint density at radius 1 is 1.33 bits per heavy atom. The van der Waals surface area contributed by atoms with Gasteiger partial charge in [0.25, 0.3) is 10.1 Å². The van der Waals surface area contributed by atoms with E-state index in [4.69, 9.17) is 4.55 Å². The maximum atomic E-state index is 9.79. The summed E-state index contributed by atoms with van der Waals surface area (Å²) in [5, 5.41) is 4.08. The van der Waals surface area contributed by atoms with Crippen LogP contribution in [0.5, 0.6) is 0 Å². The number of hydrogen-bond donors (Lipinski definition) is 1. The van der Waals surface area contributed by atoms with Crippen LogP contribution >= 0.6 is 11.3 Å². The van der Waals surface area contributed by atoms with Crippen molar-refractivity contribution in [3.63, 3.8) is 0 Å². The normalized spacial score (nSPS) is 10.2. The molecule has 0 bridgehead atoms. The van der Waals surface area contributed by atoms with Gasteiger partial charge in [0.1, 0.15) is 0 Å². The third-order valence-corrected chi connectivity index (χ3v) is 2.44. The Labute approximate surface area is 76.8 Å². The molecule has 1 aromatic heterocycles. The van der Waals surface area contributed by atoms with Gasteiger partial charge in [0.05, 0.1) is 5.75 Å². The molecule has 0 amide bonds. The van der Waals surface area contributed by atoms with Gasteiger partial charge in [-0.05, 0) is 17.2 Å². The highest BCUT2D eigenvalue weighted by Crippen LogP contribution is 1.91. The van der Waals surface area contributed by atoms with Gasteiger partial charge in [-0.2, -0.15) is 19.8 Å². The van der Waals surface area contributed by atoms with Crippen molar-refractivity contribution in [3.05, 3.63) is 22.9 Å². The van der Waals surface area contributed by atoms with Crippen molar-refractivity contribution in [3.8, 4) is 0 Å². The number of thiophene rings is 1. The molecule has 1 rings (SSSR count). The van der Waals surface area contributed by atoms with E-state index in [-0.39, 0.29) is 5.75 Å². The van der Waals surface area contributed by atoms with E-state index < -0.39 is 10.1 Å². The zero-order valence-corrected chi connectivity index (χ0v) is 8.44. The molecule has 1 aromatic rings. The van der Waals surface area contributed by atoms with E-state index in [0.717, 1.165) is 0 Å². The van der Waals surface area contributed by atoms with Crippen molar-refractivity contribution in [2.75, 3.05) is 5.75 Å². The summed E-state index contributed by atoms with van der Waals surface area (Å²) < 4.78 is 27.6. The molecule has 3 nitrogen and oxygen atoms in total. The van der Waals surface area contributed by atoms with Crippen LogP contribution in [-0.4, -0.2) is 18.7 Å². The van der Waals surface area contributed by atoms with E-state index in [2.05, 4.69) is 0 Å². The first kappa shape index (κ1) is 11.6. The predicted octanol–water partition coefficient (Wildman–Crippen LogP) is 2.03. The van der Waals surface area contributed by atoms with Crippen molar-refractivity contribution < 1.29 is 13.0 Å². The van der Waals surface area contributed by atoms with Gasteiger partial charge in [-0.3, -0.25) is 4.55 Å². The van der Waals surface area contributed by atoms with Gasteiger partial charge in [0, 0.05) is 0 Å². The SMILES string of the molecule is CCCS(=O)(=O)O.c1ccsc1. The minimum absolute atomic E-state index is 0.132. The summed E-state index contributed by atoms with van der Waals surface area (Å²) in [6, 6.07) is 4.04. The molecule has 0 atom stereocenters. The largest absolute Gasteiger partial charge is 0.286 e. The molecule has 70 valence electrons. The zero-order chi connectivity index (χ0) is 9.45. The van der Waals surface area contributed by atoms with Gasteiger partial charge >= 0.3 is 0 Å². The smallest absolute Gasteiger partial charge is 0.264 e. The predicted molar refractivity (Wildman–Crippen MR) is 51.0 cm³/mol. The Morgan fingerprint density at radius 3 is 1.92 bits per heavy atom. The lowest BCUT2D eigenvalue weighted by molar-refractivity contribution is 0.482. The average molecular weight is 208 g/mol. The molecule has 0 aliphatic carbocycles. The second-order valence-corrected chi connectivity index (χ2v) is 4.47. The lowest BCUT2D eigenvalue weighted by Gasteiger charge is -1.85. The molecular formula is C7H12O3S2. The summed E-state index contributed by atoms with van der Waals surface area (Å²) >= 11 is 1.71. The second kappa shape index (κ2) is 6.16. The summed E-state index contributed by atoms with van der Waals surface area (Å²) in [6.45, 7) is 1.69. The van der Waals surface area contributed by atoms with Crippen LogP contribution in [0.15, 0.2) is 22.9 Å². The Hall–Kier alpha value is -0.390. The fraction of sp³-hybridized carbons (Fsp3) is 0.429. The standard InChI is InChI=1S/C4H4S.C3H8O3S/c1-2-4-5-3-1;1-2-3-7(4,5)6/h1-4H;2-3H2,1H3,(H,4,5,6). The molecule has 5 heteroatoms. The summed E-state index contributed by atoms with van der Waals surface area (Å²) in [6.07, 6.45) is 0.471. The first-order chi connectivity index (χ1) is 5.56. The van der Waals surface area contributed by atoms with Crippen LogP contribution in [0.2, 0.25) is 0 Å². The molecule has 0 unspecified atom stereocenters. The highest BCUT2D eigenvalue weighted by atomic mass is 32.2. The van der Waals surface area contributed by atoms with E-state index in [0.29, 0.717) is 6.42 Å². The maximum Gasteiger partial charge on any atom is 0.264 e. The average Bonchev–Trinajstić information content (AvgIpc) is 2.38. The van der Waals surface area contributed by atoms with Gasteiger partial charge in [0.15, 0.2) is 0 Å². The van der Waals surface area contributed by atoms with Crippen LogP contribution in [0.25, 0.3) is 0 Å². The molecule has 0 saturated heterocycles. The quantitative estimate of drug-likeness (QED) is 0.757. The number of rotatable bonds is 2. The fourth-order valence-corrected chi connectivity index (χ4v) is 1.45. The van der Waals surface area contributed by atoms with Gasteiger partial charge < -0.3 is 0 Å². The number of hydrogen-bond acceptors (Lipinski definition) is 3. The Morgan fingerprint density at radius 2 is 1.83 bits per heavy atom. The van der Waals surface area contributed by atoms with Gasteiger partial charge in [-0.25, -0.2) is 0 Å². The van der Waals surface area contributed by atoms with E-state index in [9.17, 15) is 8.42 Å². The molecule has 0 aromatic carbocycles. The first-order valence-corrected chi connectivity index (χ1v) is 6.04. The van der Waals surface area contributed by atoms with Crippen LogP contribution < -0.4 is 0 Å². The highest BCUT2D eigenvalue weighted by Gasteiger charge is 1.98. The van der Waals surface area contributed by atoms with Crippen LogP contribution in [0.3, 0.4) is 0 Å². The molecule has 1 N–H and O–H groups in total. The molecule has 0 spiro atoms. The topological polar surface area (TPSA) is 54.4 Å². The maximum absolute atomic E-state index is 9.79. The zero-order valence-electron chi connectivity index (χ0n) is 6.80. The molecular weight excluding hydrogens is 196 g/mol. The van der Waals surface area contributed by atoms with Gasteiger partial charge in [-0.1, -0.05) is 19.1 Å². The minimum atomic E-state index is -3.67. The second-order valence-electron chi connectivity index (χ2n) is 2.08. The molecule has 12 heavy (non-hydrogen) atoms. The molecule has 0 saturated carbocycles. The van der Waals surface area contributed by atoms with E-state index in [1.807, 2.05) is 22.9 Å².